The summed E-state index contributed by atoms with van der Waals surface area (Å²) in [7, 11) is 3.67. The van der Waals surface area contributed by atoms with Crippen LogP contribution in [0.3, 0.4) is 0 Å². The van der Waals surface area contributed by atoms with Gasteiger partial charge in [-0.1, -0.05) is 0 Å². The molecule has 0 fully saturated rings. The first-order chi connectivity index (χ1) is 17.9. The van der Waals surface area contributed by atoms with Gasteiger partial charge < -0.3 is 15.2 Å². The molecule has 9 nitrogen and oxygen atoms in total. The third kappa shape index (κ3) is 4.46. The quantitative estimate of drug-likeness (QED) is 0.291. The van der Waals surface area contributed by atoms with Crippen molar-refractivity contribution in [1.29, 1.82) is 0 Å². The van der Waals surface area contributed by atoms with Crippen molar-refractivity contribution < 1.29 is 9.18 Å². The number of nitrogens with zero attached hydrogens (tertiary/aromatic N) is 5. The molecule has 6 aromatic rings. The Balaban J connectivity index is 1.38. The van der Waals surface area contributed by atoms with Gasteiger partial charge in [0, 0.05) is 33.8 Å². The fourth-order valence-corrected chi connectivity index (χ4v) is 4.97. The molecule has 3 N–H and O–H groups in total. The molecule has 0 bridgehead atoms. The van der Waals surface area contributed by atoms with Gasteiger partial charge in [-0.05, 0) is 50.5 Å². The van der Waals surface area contributed by atoms with Crippen molar-refractivity contribution in [1.82, 2.24) is 35.0 Å². The highest BCUT2D eigenvalue weighted by molar-refractivity contribution is 7.14. The summed E-state index contributed by atoms with van der Waals surface area (Å²) in [5, 5.41) is 11.1. The lowest BCUT2D eigenvalue weighted by atomic mass is 10.1. The number of aromatic nitrogens is 6. The molecule has 11 heteroatoms. The number of anilines is 1. The number of aromatic amines is 2. The van der Waals surface area contributed by atoms with Crippen LogP contribution < -0.4 is 5.32 Å². The number of amides is 1. The summed E-state index contributed by atoms with van der Waals surface area (Å²) < 4.78 is 13.7. The third-order valence-electron chi connectivity index (χ3n) is 5.82. The number of rotatable bonds is 6. The van der Waals surface area contributed by atoms with Crippen LogP contribution in [0.15, 0.2) is 61.2 Å². The molecule has 6 heterocycles. The van der Waals surface area contributed by atoms with Crippen LogP contribution in [0.25, 0.3) is 55.0 Å². The largest absolute Gasteiger partial charge is 0.352 e. The molecule has 6 aromatic heterocycles. The minimum absolute atomic E-state index is 0.123. The Bertz CT molecular complexity index is 1770. The van der Waals surface area contributed by atoms with Crippen LogP contribution in [0.5, 0.6) is 0 Å². The van der Waals surface area contributed by atoms with E-state index < -0.39 is 0 Å². The minimum Gasteiger partial charge on any atom is -0.352 e. The average molecular weight is 513 g/mol. The lowest BCUT2D eigenvalue weighted by molar-refractivity contribution is -0.116. The predicted molar refractivity (Wildman–Crippen MR) is 143 cm³/mol. The third-order valence-corrected chi connectivity index (χ3v) is 6.73. The number of likely N-dealkylation sites (N-methyl/N-ethyl adjacent to an activating group) is 1. The van der Waals surface area contributed by atoms with E-state index in [1.165, 1.54) is 6.07 Å². The van der Waals surface area contributed by atoms with E-state index in [0.29, 0.717) is 22.6 Å². The summed E-state index contributed by atoms with van der Waals surface area (Å²) >= 11 is 1.08. The van der Waals surface area contributed by atoms with E-state index in [0.717, 1.165) is 49.5 Å². The Labute approximate surface area is 214 Å². The summed E-state index contributed by atoms with van der Waals surface area (Å²) in [5.41, 5.74) is 6.60. The van der Waals surface area contributed by atoms with Crippen molar-refractivity contribution >= 4 is 44.9 Å². The van der Waals surface area contributed by atoms with Gasteiger partial charge in [0.15, 0.2) is 5.13 Å². The van der Waals surface area contributed by atoms with Crippen LogP contribution in [-0.4, -0.2) is 61.6 Å². The number of halogens is 1. The average Bonchev–Trinajstić information content (AvgIpc) is 3.60. The molecule has 0 atom stereocenters. The lowest BCUT2D eigenvalue weighted by Gasteiger charge is -2.10. The SMILES string of the molecule is CN(C)CC(=O)Nc1cncc(-c2ccc3[nH]nc(-c4cc5c(-c6ccc(F)s6)cncc5[nH]4)c3n2)c1. The second-order valence-electron chi connectivity index (χ2n) is 8.85. The van der Waals surface area contributed by atoms with Crippen LogP contribution in [0.4, 0.5) is 10.1 Å². The van der Waals surface area contributed by atoms with Crippen molar-refractivity contribution in [3.8, 4) is 33.1 Å². The number of carbonyl (C=O) groups excluding carboxylic acids is 1. The summed E-state index contributed by atoms with van der Waals surface area (Å²) in [5.74, 6) is -0.123. The minimum atomic E-state index is -0.242. The van der Waals surface area contributed by atoms with Gasteiger partial charge in [-0.3, -0.25) is 19.9 Å². The molecule has 0 aliphatic heterocycles. The first-order valence-corrected chi connectivity index (χ1v) is 12.2. The highest BCUT2D eigenvalue weighted by atomic mass is 32.1. The zero-order chi connectivity index (χ0) is 25.5. The second kappa shape index (κ2) is 9.19. The van der Waals surface area contributed by atoms with Crippen LogP contribution >= 0.6 is 11.3 Å². The van der Waals surface area contributed by atoms with Crippen molar-refractivity contribution in [2.75, 3.05) is 26.0 Å². The van der Waals surface area contributed by atoms with E-state index in [9.17, 15) is 9.18 Å². The molecule has 0 saturated heterocycles. The van der Waals surface area contributed by atoms with Gasteiger partial charge in [-0.2, -0.15) is 9.49 Å². The van der Waals surface area contributed by atoms with Gasteiger partial charge in [0.1, 0.15) is 11.2 Å². The van der Waals surface area contributed by atoms with E-state index in [2.05, 4.69) is 30.5 Å². The molecular weight excluding hydrogens is 491 g/mol. The zero-order valence-corrected chi connectivity index (χ0v) is 20.7. The van der Waals surface area contributed by atoms with E-state index >= 15 is 0 Å². The smallest absolute Gasteiger partial charge is 0.238 e. The van der Waals surface area contributed by atoms with E-state index in [1.807, 2.05) is 38.4 Å². The van der Waals surface area contributed by atoms with Crippen LogP contribution in [0.2, 0.25) is 0 Å². The van der Waals surface area contributed by atoms with Crippen LogP contribution in [0, 0.1) is 5.13 Å². The fraction of sp³-hybridized carbons (Fsp3) is 0.115. The van der Waals surface area contributed by atoms with Crippen molar-refractivity contribution in [3.63, 3.8) is 0 Å². The summed E-state index contributed by atoms with van der Waals surface area (Å²) in [4.78, 5) is 31.6. The van der Waals surface area contributed by atoms with Gasteiger partial charge >= 0.3 is 0 Å². The predicted octanol–water partition coefficient (Wildman–Crippen LogP) is 4.93. The normalized spacial score (nSPS) is 11.6. The van der Waals surface area contributed by atoms with Gasteiger partial charge in [-0.25, -0.2) is 4.98 Å². The van der Waals surface area contributed by atoms with Crippen LogP contribution in [-0.2, 0) is 4.79 Å². The standard InChI is InChI=1S/C26H21FN8OS/c1-35(2)13-24(36)30-15-7-14(9-28-10-15)18-3-4-19-25(32-18)26(34-33-19)20-8-16-17(11-29-12-21(16)31-20)22-5-6-23(27)37-22/h3-12,31H,13H2,1-2H3,(H,30,36)(H,33,34). The molecule has 37 heavy (non-hydrogen) atoms. The number of carbonyl (C=O) groups is 1. The Morgan fingerprint density at radius 2 is 1.92 bits per heavy atom. The maximum atomic E-state index is 13.7. The second-order valence-corrected chi connectivity index (χ2v) is 9.88. The van der Waals surface area contributed by atoms with Crippen molar-refractivity contribution in [2.45, 2.75) is 0 Å². The topological polar surface area (TPSA) is 115 Å². The molecule has 1 amide bonds. The van der Waals surface area contributed by atoms with E-state index in [4.69, 9.17) is 4.98 Å². The maximum Gasteiger partial charge on any atom is 0.238 e. The molecule has 0 saturated carbocycles. The molecule has 0 aromatic carbocycles. The number of H-pyrrole nitrogens is 2. The molecule has 0 spiro atoms. The van der Waals surface area contributed by atoms with Gasteiger partial charge in [0.25, 0.3) is 0 Å². The fourth-order valence-electron chi connectivity index (χ4n) is 4.22. The van der Waals surface area contributed by atoms with E-state index in [1.54, 1.807) is 35.8 Å². The number of thiophene rings is 1. The summed E-state index contributed by atoms with van der Waals surface area (Å²) in [6, 6.07) is 10.8. The lowest BCUT2D eigenvalue weighted by Crippen LogP contribution is -2.27. The summed E-state index contributed by atoms with van der Waals surface area (Å²) in [6.07, 6.45) is 6.79. The Kier molecular flexibility index (Phi) is 5.70. The first-order valence-electron chi connectivity index (χ1n) is 11.4. The van der Waals surface area contributed by atoms with Gasteiger partial charge in [0.05, 0.1) is 47.0 Å². The molecule has 184 valence electrons. The Hall–Kier alpha value is -4.48. The molecule has 0 radical (unpaired) electrons. The highest BCUT2D eigenvalue weighted by Crippen LogP contribution is 2.36. The summed E-state index contributed by atoms with van der Waals surface area (Å²) in [6.45, 7) is 0.274. The molecule has 0 unspecified atom stereocenters. The number of fused-ring (bicyclic) bond motifs is 2. The Morgan fingerprint density at radius 3 is 2.73 bits per heavy atom. The number of nitrogens with one attached hydrogen (secondary N) is 3. The van der Waals surface area contributed by atoms with Gasteiger partial charge in [-0.15, -0.1) is 11.3 Å². The molecule has 0 aliphatic rings. The zero-order valence-electron chi connectivity index (χ0n) is 19.9. The van der Waals surface area contributed by atoms with Crippen LogP contribution in [0.1, 0.15) is 0 Å². The van der Waals surface area contributed by atoms with Crippen molar-refractivity contribution in [3.05, 3.63) is 66.3 Å². The highest BCUT2D eigenvalue weighted by Gasteiger charge is 2.17. The Morgan fingerprint density at radius 1 is 1.05 bits per heavy atom. The molecule has 0 aliphatic carbocycles. The number of pyridine rings is 3. The monoisotopic (exact) mass is 512 g/mol. The number of hydrogen-bond acceptors (Lipinski definition) is 7. The van der Waals surface area contributed by atoms with Crippen molar-refractivity contribution in [2.24, 2.45) is 0 Å². The van der Waals surface area contributed by atoms with E-state index in [-0.39, 0.29) is 17.6 Å². The van der Waals surface area contributed by atoms with Gasteiger partial charge in [0.2, 0.25) is 5.91 Å². The number of hydrogen-bond donors (Lipinski definition) is 3. The first kappa shape index (κ1) is 23.0. The molecule has 6 rings (SSSR count). The molecular formula is C26H21FN8OS. The maximum absolute atomic E-state index is 13.7.